The monoisotopic (exact) mass is 419 g/mol. The highest BCUT2D eigenvalue weighted by atomic mass is 32.1. The lowest BCUT2D eigenvalue weighted by Crippen LogP contribution is -2.34. The molecule has 1 aliphatic rings. The first kappa shape index (κ1) is 18.8. The van der Waals surface area contributed by atoms with Gasteiger partial charge in [-0.05, 0) is 36.9 Å². The van der Waals surface area contributed by atoms with Gasteiger partial charge >= 0.3 is 0 Å². The van der Waals surface area contributed by atoms with Crippen LogP contribution in [0.4, 0.5) is 0 Å². The Balaban J connectivity index is 1.30. The number of rotatable bonds is 5. The largest absolute Gasteiger partial charge is 0.493 e. The van der Waals surface area contributed by atoms with E-state index in [0.717, 1.165) is 48.7 Å². The first-order valence-electron chi connectivity index (χ1n) is 9.89. The van der Waals surface area contributed by atoms with Gasteiger partial charge in [0.25, 0.3) is 0 Å². The molecule has 0 aliphatic carbocycles. The van der Waals surface area contributed by atoms with E-state index >= 15 is 0 Å². The maximum Gasteiger partial charge on any atom is 0.234 e. The zero-order valence-electron chi connectivity index (χ0n) is 16.3. The van der Waals surface area contributed by atoms with Gasteiger partial charge in [-0.15, -0.1) is 11.3 Å². The maximum absolute atomic E-state index is 10.2. The predicted molar refractivity (Wildman–Crippen MR) is 113 cm³/mol. The molecule has 0 spiro atoms. The van der Waals surface area contributed by atoms with Crippen molar-refractivity contribution in [2.75, 3.05) is 13.1 Å². The second-order valence-electron chi connectivity index (χ2n) is 7.34. The second-order valence-corrected chi connectivity index (χ2v) is 8.29. The Kier molecular flexibility index (Phi) is 5.20. The van der Waals surface area contributed by atoms with E-state index in [1.54, 1.807) is 42.2 Å². The van der Waals surface area contributed by atoms with Crippen LogP contribution in [-0.2, 0) is 6.54 Å². The minimum absolute atomic E-state index is 0.0297. The van der Waals surface area contributed by atoms with Gasteiger partial charge in [0.05, 0.1) is 16.3 Å². The Bertz CT molecular complexity index is 1110. The molecule has 0 aromatic carbocycles. The number of nitrogens with zero attached hydrogens (tertiary/aromatic N) is 7. The molecule has 4 aromatic heterocycles. The molecule has 0 radical (unpaired) electrons. The molecule has 152 valence electrons. The molecule has 5 heterocycles. The number of hydrogen-bond donors (Lipinski definition) is 1. The summed E-state index contributed by atoms with van der Waals surface area (Å²) in [5.41, 5.74) is 1.76. The predicted octanol–water partition coefficient (Wildman–Crippen LogP) is 3.27. The zero-order valence-corrected chi connectivity index (χ0v) is 17.1. The van der Waals surface area contributed by atoms with Crippen molar-refractivity contribution in [2.24, 2.45) is 0 Å². The summed E-state index contributed by atoms with van der Waals surface area (Å²) < 4.78 is 1.84. The summed E-state index contributed by atoms with van der Waals surface area (Å²) in [6, 6.07) is 7.42. The van der Waals surface area contributed by atoms with Crippen molar-refractivity contribution in [3.05, 3.63) is 66.1 Å². The highest BCUT2D eigenvalue weighted by Crippen LogP contribution is 2.30. The number of imidazole rings is 1. The number of likely N-dealkylation sites (tertiary alicyclic amines) is 1. The minimum Gasteiger partial charge on any atom is -0.493 e. The molecule has 1 fully saturated rings. The highest BCUT2D eigenvalue weighted by molar-refractivity contribution is 7.13. The molecule has 0 saturated carbocycles. The number of piperidine rings is 1. The lowest BCUT2D eigenvalue weighted by Gasteiger charge is -2.31. The van der Waals surface area contributed by atoms with Crippen molar-refractivity contribution in [2.45, 2.75) is 25.3 Å². The molecule has 1 aliphatic heterocycles. The summed E-state index contributed by atoms with van der Waals surface area (Å²) in [4.78, 5) is 25.5. The third-order valence-electron chi connectivity index (χ3n) is 5.18. The molecule has 1 atom stereocenters. The Morgan fingerprint density at radius 3 is 2.87 bits per heavy atom. The molecule has 9 heteroatoms. The van der Waals surface area contributed by atoms with Gasteiger partial charge in [0.2, 0.25) is 11.8 Å². The van der Waals surface area contributed by atoms with E-state index in [1.807, 2.05) is 28.3 Å². The molecule has 1 N–H and O–H groups in total. The first-order chi connectivity index (χ1) is 14.7. The quantitative estimate of drug-likeness (QED) is 0.531. The zero-order chi connectivity index (χ0) is 20.3. The topological polar surface area (TPSA) is 92.9 Å². The molecule has 0 amide bonds. The molecule has 8 nitrogen and oxygen atoms in total. The van der Waals surface area contributed by atoms with Crippen LogP contribution < -0.4 is 0 Å². The van der Waals surface area contributed by atoms with Crippen molar-refractivity contribution < 1.29 is 5.11 Å². The summed E-state index contributed by atoms with van der Waals surface area (Å²) in [5, 5.41) is 12.2. The van der Waals surface area contributed by atoms with Gasteiger partial charge in [0, 0.05) is 43.7 Å². The molecule has 0 bridgehead atoms. The molecule has 30 heavy (non-hydrogen) atoms. The summed E-state index contributed by atoms with van der Waals surface area (Å²) in [6.07, 6.45) is 9.22. The van der Waals surface area contributed by atoms with E-state index in [0.29, 0.717) is 11.8 Å². The summed E-state index contributed by atoms with van der Waals surface area (Å²) in [6.45, 7) is 2.58. The Morgan fingerprint density at radius 1 is 1.13 bits per heavy atom. The third kappa shape index (κ3) is 4.07. The van der Waals surface area contributed by atoms with Gasteiger partial charge in [0.15, 0.2) is 0 Å². The molecular formula is C21H21N7OS. The molecular weight excluding hydrogens is 398 g/mol. The summed E-state index contributed by atoms with van der Waals surface area (Å²) in [5.74, 6) is 1.54. The average Bonchev–Trinajstić information content (AvgIpc) is 3.47. The Labute approximate surface area is 177 Å². The van der Waals surface area contributed by atoms with E-state index in [9.17, 15) is 5.11 Å². The molecule has 5 rings (SSSR count). The van der Waals surface area contributed by atoms with Crippen LogP contribution >= 0.6 is 11.3 Å². The third-order valence-corrected chi connectivity index (χ3v) is 6.07. The van der Waals surface area contributed by atoms with Crippen molar-refractivity contribution in [3.8, 4) is 22.4 Å². The van der Waals surface area contributed by atoms with E-state index < -0.39 is 0 Å². The Morgan fingerprint density at radius 2 is 2.03 bits per heavy atom. The second kappa shape index (κ2) is 8.29. The normalized spacial score (nSPS) is 17.3. The molecule has 1 saturated heterocycles. The van der Waals surface area contributed by atoms with Crippen molar-refractivity contribution >= 4 is 11.3 Å². The van der Waals surface area contributed by atoms with Crippen LogP contribution in [0.2, 0.25) is 0 Å². The maximum atomic E-state index is 10.2. The van der Waals surface area contributed by atoms with Crippen molar-refractivity contribution in [1.29, 1.82) is 0 Å². The molecule has 0 unspecified atom stereocenters. The van der Waals surface area contributed by atoms with Crippen LogP contribution in [0.3, 0.4) is 0 Å². The molecule has 4 aromatic rings. The van der Waals surface area contributed by atoms with Crippen LogP contribution in [0.5, 0.6) is 5.88 Å². The standard InChI is InChI=1S/C21H21N7OS/c29-19-10-17(18-5-2-9-30-18)25-20(26-19)15-4-1-8-27(11-15)12-16-13-28(14-24-16)21-22-6-3-7-23-21/h2-3,5-7,9-10,13-15H,1,4,8,11-12H2,(H,25,26,29)/t15-/m0/s1. The van der Waals surface area contributed by atoms with Gasteiger partial charge in [-0.25, -0.2) is 19.9 Å². The van der Waals surface area contributed by atoms with Crippen LogP contribution in [0.25, 0.3) is 16.5 Å². The van der Waals surface area contributed by atoms with Crippen molar-refractivity contribution in [1.82, 2.24) is 34.4 Å². The van der Waals surface area contributed by atoms with Crippen LogP contribution in [0.15, 0.2) is 54.6 Å². The van der Waals surface area contributed by atoms with Crippen LogP contribution in [0, 0.1) is 0 Å². The smallest absolute Gasteiger partial charge is 0.234 e. The van der Waals surface area contributed by atoms with Gasteiger partial charge in [0.1, 0.15) is 12.2 Å². The number of hydrogen-bond acceptors (Lipinski definition) is 8. The fourth-order valence-electron chi connectivity index (χ4n) is 3.80. The van der Waals surface area contributed by atoms with Crippen molar-refractivity contribution in [3.63, 3.8) is 0 Å². The number of aromatic hydroxyl groups is 1. The lowest BCUT2D eigenvalue weighted by atomic mass is 9.97. The number of aromatic nitrogens is 6. The van der Waals surface area contributed by atoms with Gasteiger partial charge in [-0.3, -0.25) is 9.47 Å². The van der Waals surface area contributed by atoms with Crippen LogP contribution in [-0.4, -0.2) is 52.6 Å². The van der Waals surface area contributed by atoms with E-state index in [2.05, 4.69) is 24.8 Å². The SMILES string of the molecule is Oc1cc(-c2cccs2)nc([C@H]2CCCN(Cc3cn(-c4ncccn4)cn3)C2)n1. The van der Waals surface area contributed by atoms with Gasteiger partial charge in [-0.2, -0.15) is 4.98 Å². The lowest BCUT2D eigenvalue weighted by molar-refractivity contribution is 0.194. The first-order valence-corrected chi connectivity index (χ1v) is 10.8. The van der Waals surface area contributed by atoms with Crippen LogP contribution in [0.1, 0.15) is 30.3 Å². The van der Waals surface area contributed by atoms with Gasteiger partial charge in [-0.1, -0.05) is 6.07 Å². The van der Waals surface area contributed by atoms with Gasteiger partial charge < -0.3 is 5.11 Å². The summed E-state index contributed by atoms with van der Waals surface area (Å²) in [7, 11) is 0. The van der Waals surface area contributed by atoms with E-state index in [-0.39, 0.29) is 11.8 Å². The Hall–Kier alpha value is -3.17. The average molecular weight is 420 g/mol. The summed E-state index contributed by atoms with van der Waals surface area (Å²) >= 11 is 1.61. The highest BCUT2D eigenvalue weighted by Gasteiger charge is 2.25. The van der Waals surface area contributed by atoms with E-state index in [4.69, 9.17) is 4.98 Å². The van der Waals surface area contributed by atoms with E-state index in [1.165, 1.54) is 0 Å². The fourth-order valence-corrected chi connectivity index (χ4v) is 4.49. The minimum atomic E-state index is 0.0297. The fraction of sp³-hybridized carbons (Fsp3) is 0.286. The number of thiophene rings is 1.